The molecule has 2 aromatic carbocycles. The molecular formula is C18H19BCuF4N4. The summed E-state index contributed by atoms with van der Waals surface area (Å²) in [6, 6.07) is 16.1. The number of para-hydroxylation sites is 2. The van der Waals surface area contributed by atoms with Crippen LogP contribution in [0.5, 0.6) is 0 Å². The van der Waals surface area contributed by atoms with Crippen molar-refractivity contribution in [3.63, 3.8) is 0 Å². The number of halogens is 4. The molecule has 4 nitrogen and oxygen atoms in total. The number of aliphatic imine (C=N–C) groups is 2. The summed E-state index contributed by atoms with van der Waals surface area (Å²) < 4.78 is 39.0. The number of nitrogens with one attached hydrogen (secondary N) is 1. The van der Waals surface area contributed by atoms with E-state index in [1.807, 2.05) is 61.0 Å². The van der Waals surface area contributed by atoms with E-state index in [1.165, 1.54) is 0 Å². The fourth-order valence-electron chi connectivity index (χ4n) is 2.26. The Kier molecular flexibility index (Phi) is 10.5. The van der Waals surface area contributed by atoms with Crippen molar-refractivity contribution in [3.8, 4) is 0 Å². The Balaban J connectivity index is 0.000000584. The number of benzene rings is 2. The van der Waals surface area contributed by atoms with Crippen LogP contribution < -0.4 is 5.32 Å². The summed E-state index contributed by atoms with van der Waals surface area (Å²) in [6.45, 7) is 3.24. The molecule has 3 rings (SSSR count). The first kappa shape index (κ1) is 23.9. The van der Waals surface area contributed by atoms with Gasteiger partial charge in [-0.1, -0.05) is 48.5 Å². The molecule has 1 heterocycles. The SMILES string of the molecule is C1=NCCNCCN=Cc2ccccc2[N-]c2ccccc21.F[B-](F)(F)F.[Cu+2]. The monoisotopic (exact) mass is 441 g/mol. The standard InChI is InChI=1S/C18H19N4.BF4.Cu/c1-3-7-17-15(5-1)13-20-11-9-19-10-12-21-14-16-6-2-4-8-18(16)22-17;2-1(3,4)5;/h1-8,13-14,19H,9-12H2;;/q2*-1;+2. The maximum absolute atomic E-state index is 9.75. The second-order valence-electron chi connectivity index (χ2n) is 5.54. The van der Waals surface area contributed by atoms with Gasteiger partial charge in [0.1, 0.15) is 0 Å². The van der Waals surface area contributed by atoms with E-state index in [9.17, 15) is 17.3 Å². The van der Waals surface area contributed by atoms with Gasteiger partial charge in [-0.3, -0.25) is 9.98 Å². The van der Waals surface area contributed by atoms with Gasteiger partial charge in [-0.25, -0.2) is 0 Å². The molecule has 2 aromatic rings. The van der Waals surface area contributed by atoms with E-state index in [0.29, 0.717) is 0 Å². The molecule has 0 atom stereocenters. The minimum absolute atomic E-state index is 0. The molecule has 0 spiro atoms. The average molecular weight is 442 g/mol. The normalized spacial score (nSPS) is 14.1. The summed E-state index contributed by atoms with van der Waals surface area (Å²) in [7, 11) is -6.00. The molecule has 0 saturated carbocycles. The molecule has 0 saturated heterocycles. The molecule has 0 aliphatic carbocycles. The summed E-state index contributed by atoms with van der Waals surface area (Å²) in [6.07, 6.45) is 3.81. The molecule has 28 heavy (non-hydrogen) atoms. The van der Waals surface area contributed by atoms with Gasteiger partial charge in [0.2, 0.25) is 0 Å². The smallest absolute Gasteiger partial charge is 0.657 e. The first-order valence-electron chi connectivity index (χ1n) is 8.41. The molecule has 1 radical (unpaired) electrons. The van der Waals surface area contributed by atoms with Crippen LogP contribution in [-0.4, -0.2) is 45.9 Å². The predicted molar refractivity (Wildman–Crippen MR) is 104 cm³/mol. The van der Waals surface area contributed by atoms with Crippen LogP contribution in [0, 0.1) is 0 Å². The number of nitrogens with zero attached hydrogens (tertiary/aromatic N) is 3. The Morgan fingerprint density at radius 3 is 1.57 bits per heavy atom. The molecule has 0 aromatic heterocycles. The van der Waals surface area contributed by atoms with Crippen molar-refractivity contribution < 1.29 is 34.3 Å². The van der Waals surface area contributed by atoms with Gasteiger partial charge >= 0.3 is 24.3 Å². The van der Waals surface area contributed by atoms with Crippen LogP contribution in [0.15, 0.2) is 58.5 Å². The second-order valence-corrected chi connectivity index (χ2v) is 5.54. The molecule has 153 valence electrons. The van der Waals surface area contributed by atoms with Gasteiger partial charge in [0.25, 0.3) is 0 Å². The van der Waals surface area contributed by atoms with Crippen molar-refractivity contribution in [1.29, 1.82) is 0 Å². The van der Waals surface area contributed by atoms with Gasteiger partial charge in [-0.2, -0.15) is 0 Å². The van der Waals surface area contributed by atoms with Gasteiger partial charge in [-0.05, 0) is 11.1 Å². The van der Waals surface area contributed by atoms with E-state index < -0.39 is 7.25 Å². The fourth-order valence-corrected chi connectivity index (χ4v) is 2.26. The van der Waals surface area contributed by atoms with Gasteiger partial charge in [0, 0.05) is 25.5 Å². The van der Waals surface area contributed by atoms with Crippen LogP contribution in [0.1, 0.15) is 11.1 Å². The zero-order chi connectivity index (χ0) is 19.5. The molecule has 10 heteroatoms. The summed E-state index contributed by atoms with van der Waals surface area (Å²) in [5, 5.41) is 8.13. The molecule has 0 fully saturated rings. The maximum atomic E-state index is 9.75. The fraction of sp³-hybridized carbons (Fsp3) is 0.222. The van der Waals surface area contributed by atoms with Crippen molar-refractivity contribution >= 4 is 31.1 Å². The topological polar surface area (TPSA) is 50.9 Å². The largest absolute Gasteiger partial charge is 2.00 e. The molecule has 1 aliphatic rings. The van der Waals surface area contributed by atoms with Crippen molar-refractivity contribution in [2.45, 2.75) is 0 Å². The van der Waals surface area contributed by atoms with E-state index in [-0.39, 0.29) is 17.1 Å². The van der Waals surface area contributed by atoms with E-state index in [2.05, 4.69) is 15.3 Å². The Hall–Kier alpha value is -2.16. The van der Waals surface area contributed by atoms with Crippen molar-refractivity contribution in [2.75, 3.05) is 26.2 Å². The van der Waals surface area contributed by atoms with Crippen LogP contribution >= 0.6 is 0 Å². The Morgan fingerprint density at radius 1 is 0.750 bits per heavy atom. The Labute approximate surface area is 172 Å². The third-order valence-electron chi connectivity index (χ3n) is 3.41. The first-order valence-corrected chi connectivity index (χ1v) is 8.41. The average Bonchev–Trinajstić information content (AvgIpc) is 2.61. The zero-order valence-corrected chi connectivity index (χ0v) is 15.8. The molecule has 0 unspecified atom stereocenters. The second kappa shape index (κ2) is 12.3. The van der Waals surface area contributed by atoms with E-state index in [4.69, 9.17) is 5.32 Å². The van der Waals surface area contributed by atoms with Gasteiger partial charge < -0.3 is 27.9 Å². The molecule has 1 aliphatic heterocycles. The van der Waals surface area contributed by atoms with E-state index >= 15 is 0 Å². The van der Waals surface area contributed by atoms with Crippen LogP contribution in [0.4, 0.5) is 28.6 Å². The number of fused-ring (bicyclic) bond motifs is 2. The van der Waals surface area contributed by atoms with Crippen LogP contribution in [0.25, 0.3) is 5.32 Å². The number of hydrogen-bond donors (Lipinski definition) is 1. The van der Waals surface area contributed by atoms with Crippen LogP contribution in [0.2, 0.25) is 0 Å². The minimum Gasteiger partial charge on any atom is -0.657 e. The molecule has 1 N–H and O–H groups in total. The van der Waals surface area contributed by atoms with Gasteiger partial charge in [-0.15, -0.1) is 11.4 Å². The van der Waals surface area contributed by atoms with Crippen LogP contribution in [0.3, 0.4) is 0 Å². The van der Waals surface area contributed by atoms with Crippen LogP contribution in [-0.2, 0) is 17.1 Å². The zero-order valence-electron chi connectivity index (χ0n) is 14.8. The van der Waals surface area contributed by atoms with Crippen molar-refractivity contribution in [2.24, 2.45) is 9.98 Å². The molecule has 0 bridgehead atoms. The van der Waals surface area contributed by atoms with E-state index in [0.717, 1.165) is 48.7 Å². The molecular weight excluding hydrogens is 423 g/mol. The quantitative estimate of drug-likeness (QED) is 0.465. The summed E-state index contributed by atoms with van der Waals surface area (Å²) in [5.41, 5.74) is 3.92. The Morgan fingerprint density at radius 2 is 1.14 bits per heavy atom. The number of hydrogen-bond acceptors (Lipinski definition) is 3. The van der Waals surface area contributed by atoms with Gasteiger partial charge in [0.05, 0.1) is 13.1 Å². The summed E-state index contributed by atoms with van der Waals surface area (Å²) in [4.78, 5) is 8.94. The third-order valence-corrected chi connectivity index (χ3v) is 3.41. The van der Waals surface area contributed by atoms with Crippen molar-refractivity contribution in [1.82, 2.24) is 5.32 Å². The number of rotatable bonds is 0. The van der Waals surface area contributed by atoms with Gasteiger partial charge in [0.15, 0.2) is 0 Å². The first-order chi connectivity index (χ1) is 12.9. The predicted octanol–water partition coefficient (Wildman–Crippen LogP) is 4.76. The minimum atomic E-state index is -6.00. The Bertz CT molecular complexity index is 721. The van der Waals surface area contributed by atoms with Crippen molar-refractivity contribution in [3.05, 3.63) is 65.0 Å². The molecule has 0 amide bonds. The summed E-state index contributed by atoms with van der Waals surface area (Å²) in [5.74, 6) is 0. The van der Waals surface area contributed by atoms with E-state index in [1.54, 1.807) is 0 Å². The third kappa shape index (κ3) is 9.69. The maximum Gasteiger partial charge on any atom is 2.00 e. The summed E-state index contributed by atoms with van der Waals surface area (Å²) >= 11 is 0.